The highest BCUT2D eigenvalue weighted by molar-refractivity contribution is 5.88. The second-order valence-corrected chi connectivity index (χ2v) is 4.27. The molecule has 74 valence electrons. The van der Waals surface area contributed by atoms with E-state index < -0.39 is 5.41 Å². The normalized spacial score (nSPS) is 24.2. The van der Waals surface area contributed by atoms with Gasteiger partial charge in [0, 0.05) is 13.1 Å². The lowest BCUT2D eigenvalue weighted by molar-refractivity contribution is -0.135. The van der Waals surface area contributed by atoms with Gasteiger partial charge in [0.05, 0.1) is 6.07 Å². The monoisotopic (exact) mass is 190 g/mol. The van der Waals surface area contributed by atoms with Crippen molar-refractivity contribution >= 4 is 5.91 Å². The van der Waals surface area contributed by atoms with Gasteiger partial charge in [0.1, 0.15) is 5.41 Å². The molecule has 0 aromatic heterocycles. The molecule has 2 rings (SSSR count). The highest BCUT2D eigenvalue weighted by atomic mass is 16.2. The zero-order chi connectivity index (χ0) is 10.2. The molecule has 0 aromatic carbocycles. The van der Waals surface area contributed by atoms with Crippen LogP contribution in [0.5, 0.6) is 0 Å². The Morgan fingerprint density at radius 3 is 2.79 bits per heavy atom. The fraction of sp³-hybridized carbons (Fsp3) is 0.636. The van der Waals surface area contributed by atoms with Crippen LogP contribution in [0.1, 0.15) is 25.7 Å². The highest BCUT2D eigenvalue weighted by Crippen LogP contribution is 2.46. The number of nitriles is 1. The maximum atomic E-state index is 11.9. The number of hydrogen-bond donors (Lipinski definition) is 0. The summed E-state index contributed by atoms with van der Waals surface area (Å²) in [6.45, 7) is 5.35. The van der Waals surface area contributed by atoms with Crippen LogP contribution in [0.25, 0.3) is 0 Å². The fourth-order valence-corrected chi connectivity index (χ4v) is 1.92. The standard InChI is InChI=1S/C11H14N2O/c1-9-3-2-6-13(7-9)10(14)11(8-12)4-5-11/h1-7H2. The van der Waals surface area contributed by atoms with Crippen molar-refractivity contribution in [3.8, 4) is 6.07 Å². The Morgan fingerprint density at radius 1 is 1.57 bits per heavy atom. The minimum atomic E-state index is -0.655. The first-order valence-corrected chi connectivity index (χ1v) is 5.05. The van der Waals surface area contributed by atoms with Gasteiger partial charge in [-0.05, 0) is 25.7 Å². The predicted octanol–water partition coefficient (Wildman–Crippen LogP) is 1.47. The lowest BCUT2D eigenvalue weighted by Gasteiger charge is -2.29. The van der Waals surface area contributed by atoms with E-state index in [4.69, 9.17) is 5.26 Å². The van der Waals surface area contributed by atoms with Crippen molar-refractivity contribution in [2.45, 2.75) is 25.7 Å². The summed E-state index contributed by atoms with van der Waals surface area (Å²) in [5, 5.41) is 8.90. The van der Waals surface area contributed by atoms with Gasteiger partial charge in [-0.1, -0.05) is 12.2 Å². The summed E-state index contributed by atoms with van der Waals surface area (Å²) in [5.74, 6) is 0.0286. The number of amides is 1. The van der Waals surface area contributed by atoms with Gasteiger partial charge < -0.3 is 4.90 Å². The Bertz CT molecular complexity index is 323. The van der Waals surface area contributed by atoms with Crippen LogP contribution in [0, 0.1) is 16.7 Å². The molecular formula is C11H14N2O. The molecule has 3 nitrogen and oxygen atoms in total. The molecule has 3 heteroatoms. The van der Waals surface area contributed by atoms with Gasteiger partial charge in [-0.25, -0.2) is 0 Å². The minimum absolute atomic E-state index is 0.0286. The molecule has 0 aromatic rings. The van der Waals surface area contributed by atoms with Gasteiger partial charge in [0.2, 0.25) is 5.91 Å². The van der Waals surface area contributed by atoms with E-state index in [1.807, 2.05) is 0 Å². The maximum Gasteiger partial charge on any atom is 0.243 e. The number of hydrogen-bond acceptors (Lipinski definition) is 2. The van der Waals surface area contributed by atoms with E-state index in [-0.39, 0.29) is 5.91 Å². The lowest BCUT2D eigenvalue weighted by Crippen LogP contribution is -2.40. The Hall–Kier alpha value is -1.30. The van der Waals surface area contributed by atoms with E-state index in [9.17, 15) is 4.79 Å². The van der Waals surface area contributed by atoms with Gasteiger partial charge in [0.25, 0.3) is 0 Å². The van der Waals surface area contributed by atoms with Crippen LogP contribution >= 0.6 is 0 Å². The average Bonchev–Trinajstić information content (AvgIpc) is 2.97. The lowest BCUT2D eigenvalue weighted by atomic mass is 10.0. The predicted molar refractivity (Wildman–Crippen MR) is 52.2 cm³/mol. The van der Waals surface area contributed by atoms with Crippen molar-refractivity contribution in [1.29, 1.82) is 5.26 Å². The maximum absolute atomic E-state index is 11.9. The zero-order valence-electron chi connectivity index (χ0n) is 8.25. The summed E-state index contributed by atoms with van der Waals surface area (Å²) >= 11 is 0. The molecule has 0 bridgehead atoms. The van der Waals surface area contributed by atoms with E-state index in [1.54, 1.807) is 4.90 Å². The van der Waals surface area contributed by atoms with E-state index in [0.717, 1.165) is 37.8 Å². The van der Waals surface area contributed by atoms with Crippen LogP contribution in [0.3, 0.4) is 0 Å². The van der Waals surface area contributed by atoms with Crippen LogP contribution in [0.15, 0.2) is 12.2 Å². The topological polar surface area (TPSA) is 44.1 Å². The van der Waals surface area contributed by atoms with Crippen molar-refractivity contribution in [1.82, 2.24) is 4.90 Å². The average molecular weight is 190 g/mol. The molecule has 0 spiro atoms. The van der Waals surface area contributed by atoms with Crippen LogP contribution in [-0.4, -0.2) is 23.9 Å². The van der Waals surface area contributed by atoms with Crippen molar-refractivity contribution in [2.24, 2.45) is 5.41 Å². The Balaban J connectivity index is 2.05. The molecule has 1 saturated heterocycles. The number of likely N-dealkylation sites (tertiary alicyclic amines) is 1. The van der Waals surface area contributed by atoms with Crippen LogP contribution in [0.2, 0.25) is 0 Å². The fourth-order valence-electron chi connectivity index (χ4n) is 1.92. The third-order valence-corrected chi connectivity index (χ3v) is 3.03. The molecule has 2 aliphatic rings. The van der Waals surface area contributed by atoms with Crippen molar-refractivity contribution in [3.63, 3.8) is 0 Å². The molecule has 1 aliphatic heterocycles. The van der Waals surface area contributed by atoms with Crippen molar-refractivity contribution < 1.29 is 4.79 Å². The Labute approximate surface area is 84.0 Å². The smallest absolute Gasteiger partial charge is 0.243 e. The number of piperidine rings is 1. The van der Waals surface area contributed by atoms with Gasteiger partial charge in [-0.15, -0.1) is 0 Å². The first kappa shape index (κ1) is 9.26. The van der Waals surface area contributed by atoms with Gasteiger partial charge >= 0.3 is 0 Å². The summed E-state index contributed by atoms with van der Waals surface area (Å²) in [6.07, 6.45) is 3.49. The molecule has 0 unspecified atom stereocenters. The van der Waals surface area contributed by atoms with E-state index >= 15 is 0 Å². The molecular weight excluding hydrogens is 176 g/mol. The summed E-state index contributed by atoms with van der Waals surface area (Å²) in [7, 11) is 0. The minimum Gasteiger partial charge on any atom is -0.337 e. The second-order valence-electron chi connectivity index (χ2n) is 4.27. The summed E-state index contributed by atoms with van der Waals surface area (Å²) < 4.78 is 0. The molecule has 14 heavy (non-hydrogen) atoms. The first-order valence-electron chi connectivity index (χ1n) is 5.05. The molecule has 0 N–H and O–H groups in total. The summed E-state index contributed by atoms with van der Waals surface area (Å²) in [4.78, 5) is 13.7. The van der Waals surface area contributed by atoms with Crippen molar-refractivity contribution in [3.05, 3.63) is 12.2 Å². The molecule has 0 radical (unpaired) electrons. The van der Waals surface area contributed by atoms with E-state index in [0.29, 0.717) is 6.54 Å². The van der Waals surface area contributed by atoms with Crippen LogP contribution < -0.4 is 0 Å². The van der Waals surface area contributed by atoms with E-state index in [2.05, 4.69) is 12.6 Å². The molecule has 2 fully saturated rings. The Morgan fingerprint density at radius 2 is 2.29 bits per heavy atom. The SMILES string of the molecule is C=C1CCCN(C(=O)C2(C#N)CC2)C1. The quantitative estimate of drug-likeness (QED) is 0.588. The third-order valence-electron chi connectivity index (χ3n) is 3.03. The highest BCUT2D eigenvalue weighted by Gasteiger charge is 2.52. The second kappa shape index (κ2) is 3.13. The van der Waals surface area contributed by atoms with Crippen LogP contribution in [0.4, 0.5) is 0 Å². The number of rotatable bonds is 1. The third kappa shape index (κ3) is 1.41. The van der Waals surface area contributed by atoms with Crippen LogP contribution in [-0.2, 0) is 4.79 Å². The van der Waals surface area contributed by atoms with Gasteiger partial charge in [-0.2, -0.15) is 5.26 Å². The zero-order valence-corrected chi connectivity index (χ0v) is 8.25. The molecule has 0 atom stereocenters. The molecule has 1 aliphatic carbocycles. The van der Waals surface area contributed by atoms with E-state index in [1.165, 1.54) is 0 Å². The largest absolute Gasteiger partial charge is 0.337 e. The summed E-state index contributed by atoms with van der Waals surface area (Å²) in [6, 6.07) is 2.14. The molecule has 1 heterocycles. The number of carbonyl (C=O) groups is 1. The molecule has 1 saturated carbocycles. The van der Waals surface area contributed by atoms with Crippen molar-refractivity contribution in [2.75, 3.05) is 13.1 Å². The number of nitrogens with zero attached hydrogens (tertiary/aromatic N) is 2. The van der Waals surface area contributed by atoms with Gasteiger partial charge in [0.15, 0.2) is 0 Å². The Kier molecular flexibility index (Phi) is 2.07. The molecule has 1 amide bonds. The van der Waals surface area contributed by atoms with Gasteiger partial charge in [-0.3, -0.25) is 4.79 Å². The first-order chi connectivity index (χ1) is 6.68. The number of carbonyl (C=O) groups excluding carboxylic acids is 1. The summed E-state index contributed by atoms with van der Waals surface area (Å²) in [5.41, 5.74) is 0.454.